The van der Waals surface area contributed by atoms with Crippen molar-refractivity contribution in [2.75, 3.05) is 13.7 Å². The zero-order valence-electron chi connectivity index (χ0n) is 13.8. The Bertz CT molecular complexity index is 691. The summed E-state index contributed by atoms with van der Waals surface area (Å²) in [4.78, 5) is 23.9. The molecule has 0 aliphatic carbocycles. The Morgan fingerprint density at radius 3 is 2.33 bits per heavy atom. The van der Waals surface area contributed by atoms with Crippen LogP contribution in [0.1, 0.15) is 40.5 Å². The number of hydrogen-bond donors (Lipinski definition) is 0. The average molecular weight is 328 g/mol. The molecule has 0 radical (unpaired) electrons. The molecule has 0 aliphatic rings. The van der Waals surface area contributed by atoms with Crippen molar-refractivity contribution >= 4 is 11.9 Å². The van der Waals surface area contributed by atoms with Crippen LogP contribution in [-0.4, -0.2) is 25.7 Å². The van der Waals surface area contributed by atoms with Crippen molar-refractivity contribution in [2.45, 2.75) is 19.8 Å². The van der Waals surface area contributed by atoms with E-state index in [1.165, 1.54) is 7.11 Å². The van der Waals surface area contributed by atoms with E-state index < -0.39 is 11.9 Å². The molecule has 0 spiro atoms. The Morgan fingerprint density at radius 2 is 1.67 bits per heavy atom. The maximum absolute atomic E-state index is 12.2. The number of esters is 2. The van der Waals surface area contributed by atoms with Gasteiger partial charge >= 0.3 is 11.9 Å². The third kappa shape index (κ3) is 4.59. The van der Waals surface area contributed by atoms with Crippen LogP contribution in [0.2, 0.25) is 0 Å². The van der Waals surface area contributed by atoms with Gasteiger partial charge in [0.05, 0.1) is 19.3 Å². The topological polar surface area (TPSA) is 61.8 Å². The second kappa shape index (κ2) is 8.72. The van der Waals surface area contributed by atoms with Gasteiger partial charge in [0.15, 0.2) is 0 Å². The fourth-order valence-corrected chi connectivity index (χ4v) is 2.01. The minimum Gasteiger partial charge on any atom is -0.494 e. The number of para-hydroxylation sites is 1. The molecule has 0 unspecified atom stereocenters. The van der Waals surface area contributed by atoms with Gasteiger partial charge in [-0.2, -0.15) is 0 Å². The Morgan fingerprint density at radius 1 is 0.958 bits per heavy atom. The minimum absolute atomic E-state index is 0.164. The molecule has 0 amide bonds. The molecule has 0 atom stereocenters. The second-order valence-electron chi connectivity index (χ2n) is 5.10. The quantitative estimate of drug-likeness (QED) is 0.438. The summed E-state index contributed by atoms with van der Waals surface area (Å²) in [6, 6.07) is 13.1. The first kappa shape index (κ1) is 17.5. The molecule has 0 aliphatic heterocycles. The van der Waals surface area contributed by atoms with Gasteiger partial charge in [0.1, 0.15) is 17.1 Å². The summed E-state index contributed by atoms with van der Waals surface area (Å²) in [5.74, 6) is -0.239. The van der Waals surface area contributed by atoms with Crippen LogP contribution >= 0.6 is 0 Å². The number of hydrogen-bond acceptors (Lipinski definition) is 5. The van der Waals surface area contributed by atoms with Crippen molar-refractivity contribution < 1.29 is 23.8 Å². The number of carbonyl (C=O) groups excluding carboxylic acids is 2. The number of rotatable bonds is 7. The fraction of sp³-hybridized carbons (Fsp3) is 0.263. The van der Waals surface area contributed by atoms with Crippen LogP contribution in [0.4, 0.5) is 0 Å². The Labute approximate surface area is 141 Å². The van der Waals surface area contributed by atoms with Gasteiger partial charge in [0.2, 0.25) is 0 Å². The van der Waals surface area contributed by atoms with Crippen molar-refractivity contribution in [3.05, 3.63) is 59.7 Å². The molecule has 2 rings (SSSR count). The zero-order chi connectivity index (χ0) is 17.4. The van der Waals surface area contributed by atoms with Crippen molar-refractivity contribution in [1.82, 2.24) is 0 Å². The molecule has 0 bridgehead atoms. The summed E-state index contributed by atoms with van der Waals surface area (Å²) in [6.45, 7) is 2.74. The van der Waals surface area contributed by atoms with E-state index in [0.29, 0.717) is 17.9 Å². The van der Waals surface area contributed by atoms with Gasteiger partial charge in [-0.3, -0.25) is 0 Å². The third-order valence-electron chi connectivity index (χ3n) is 3.35. The summed E-state index contributed by atoms with van der Waals surface area (Å²) in [5, 5.41) is 0. The van der Waals surface area contributed by atoms with Crippen molar-refractivity contribution in [1.29, 1.82) is 0 Å². The van der Waals surface area contributed by atoms with Crippen LogP contribution in [0.25, 0.3) is 0 Å². The number of ether oxygens (including phenoxy) is 3. The lowest BCUT2D eigenvalue weighted by molar-refractivity contribution is 0.0593. The van der Waals surface area contributed by atoms with E-state index in [1.54, 1.807) is 48.5 Å². The molecular weight excluding hydrogens is 308 g/mol. The molecule has 0 heterocycles. The number of methoxy groups -OCH3 is 1. The molecule has 0 aromatic heterocycles. The number of carbonyl (C=O) groups is 2. The maximum atomic E-state index is 12.2. The van der Waals surface area contributed by atoms with Gasteiger partial charge in [-0.15, -0.1) is 0 Å². The van der Waals surface area contributed by atoms with Crippen LogP contribution in [0.3, 0.4) is 0 Å². The Hall–Kier alpha value is -2.82. The highest BCUT2D eigenvalue weighted by Crippen LogP contribution is 2.21. The zero-order valence-corrected chi connectivity index (χ0v) is 13.8. The molecular formula is C19H20O5. The SMILES string of the molecule is CCCCOc1ccc(C(=O)Oc2ccccc2C(=O)OC)cc1. The molecule has 5 heteroatoms. The van der Waals surface area contributed by atoms with E-state index in [0.717, 1.165) is 12.8 Å². The summed E-state index contributed by atoms with van der Waals surface area (Å²) in [5.41, 5.74) is 0.574. The lowest BCUT2D eigenvalue weighted by Gasteiger charge is -2.09. The molecule has 24 heavy (non-hydrogen) atoms. The molecule has 0 N–H and O–H groups in total. The van der Waals surface area contributed by atoms with Crippen LogP contribution in [0, 0.1) is 0 Å². The predicted octanol–water partition coefficient (Wildman–Crippen LogP) is 3.87. The van der Waals surface area contributed by atoms with E-state index in [-0.39, 0.29) is 11.3 Å². The van der Waals surface area contributed by atoms with Crippen LogP contribution < -0.4 is 9.47 Å². The number of unbranched alkanes of at least 4 members (excludes halogenated alkanes) is 1. The molecule has 5 nitrogen and oxygen atoms in total. The van der Waals surface area contributed by atoms with Crippen LogP contribution in [0.5, 0.6) is 11.5 Å². The lowest BCUT2D eigenvalue weighted by Crippen LogP contribution is -2.12. The van der Waals surface area contributed by atoms with Gasteiger partial charge in [-0.25, -0.2) is 9.59 Å². The molecule has 0 saturated heterocycles. The van der Waals surface area contributed by atoms with E-state index in [1.807, 2.05) is 0 Å². The second-order valence-corrected chi connectivity index (χ2v) is 5.10. The highest BCUT2D eigenvalue weighted by atomic mass is 16.5. The van der Waals surface area contributed by atoms with Gasteiger partial charge in [0.25, 0.3) is 0 Å². The van der Waals surface area contributed by atoms with Gasteiger partial charge in [0, 0.05) is 0 Å². The van der Waals surface area contributed by atoms with Crippen LogP contribution in [0.15, 0.2) is 48.5 Å². The summed E-state index contributed by atoms with van der Waals surface area (Å²) < 4.78 is 15.5. The predicted molar refractivity (Wildman–Crippen MR) is 89.6 cm³/mol. The Kier molecular flexibility index (Phi) is 6.37. The Balaban J connectivity index is 2.06. The minimum atomic E-state index is -0.557. The van der Waals surface area contributed by atoms with Gasteiger partial charge < -0.3 is 14.2 Å². The van der Waals surface area contributed by atoms with E-state index in [9.17, 15) is 9.59 Å². The normalized spacial score (nSPS) is 10.1. The van der Waals surface area contributed by atoms with E-state index in [2.05, 4.69) is 11.7 Å². The summed E-state index contributed by atoms with van der Waals surface area (Å²) in [7, 11) is 1.28. The lowest BCUT2D eigenvalue weighted by atomic mass is 10.2. The summed E-state index contributed by atoms with van der Waals surface area (Å²) >= 11 is 0. The standard InChI is InChI=1S/C19H20O5/c1-3-4-13-23-15-11-9-14(10-12-15)18(20)24-17-8-6-5-7-16(17)19(21)22-2/h5-12H,3-4,13H2,1-2H3. The van der Waals surface area contributed by atoms with Crippen molar-refractivity contribution in [2.24, 2.45) is 0 Å². The maximum Gasteiger partial charge on any atom is 0.343 e. The summed E-state index contributed by atoms with van der Waals surface area (Å²) in [6.07, 6.45) is 2.04. The first-order valence-electron chi connectivity index (χ1n) is 7.78. The van der Waals surface area contributed by atoms with Crippen molar-refractivity contribution in [3.63, 3.8) is 0 Å². The highest BCUT2D eigenvalue weighted by molar-refractivity contribution is 5.96. The number of benzene rings is 2. The van der Waals surface area contributed by atoms with E-state index in [4.69, 9.17) is 9.47 Å². The molecule has 126 valence electrons. The first-order chi connectivity index (χ1) is 11.7. The largest absolute Gasteiger partial charge is 0.494 e. The van der Waals surface area contributed by atoms with Crippen LogP contribution in [-0.2, 0) is 4.74 Å². The van der Waals surface area contributed by atoms with Gasteiger partial charge in [-0.05, 0) is 42.8 Å². The molecule has 0 saturated carbocycles. The first-order valence-corrected chi connectivity index (χ1v) is 7.78. The molecule has 2 aromatic carbocycles. The van der Waals surface area contributed by atoms with Crippen molar-refractivity contribution in [3.8, 4) is 11.5 Å². The molecule has 2 aromatic rings. The van der Waals surface area contributed by atoms with Gasteiger partial charge in [-0.1, -0.05) is 25.5 Å². The molecule has 0 fully saturated rings. The monoisotopic (exact) mass is 328 g/mol. The average Bonchev–Trinajstić information content (AvgIpc) is 2.62. The highest BCUT2D eigenvalue weighted by Gasteiger charge is 2.16. The smallest absolute Gasteiger partial charge is 0.343 e. The fourth-order valence-electron chi connectivity index (χ4n) is 2.01. The third-order valence-corrected chi connectivity index (χ3v) is 3.35. The van der Waals surface area contributed by atoms with E-state index >= 15 is 0 Å².